The summed E-state index contributed by atoms with van der Waals surface area (Å²) in [4.78, 5) is 14.3. The molecular formula is C25H30F3NO5S. The Morgan fingerprint density at radius 3 is 2.34 bits per heavy atom. The first-order valence-electron chi connectivity index (χ1n) is 11.5. The summed E-state index contributed by atoms with van der Waals surface area (Å²) in [5.74, 6) is -0.0359. The highest BCUT2D eigenvalue weighted by Gasteiger charge is 2.32. The van der Waals surface area contributed by atoms with Crippen molar-refractivity contribution in [3.63, 3.8) is 0 Å². The Labute approximate surface area is 204 Å². The van der Waals surface area contributed by atoms with E-state index in [1.165, 1.54) is 19.2 Å². The van der Waals surface area contributed by atoms with Gasteiger partial charge in [-0.1, -0.05) is 31.4 Å². The van der Waals surface area contributed by atoms with Gasteiger partial charge in [-0.2, -0.15) is 21.6 Å². The number of carbonyl (C=O) groups is 1. The van der Waals surface area contributed by atoms with Crippen molar-refractivity contribution in [2.75, 3.05) is 7.11 Å². The summed E-state index contributed by atoms with van der Waals surface area (Å²) in [6.45, 7) is 4.07. The number of benzene rings is 2. The van der Waals surface area contributed by atoms with E-state index >= 15 is 0 Å². The van der Waals surface area contributed by atoms with Gasteiger partial charge in [0.25, 0.3) is 0 Å². The molecule has 0 radical (unpaired) electrons. The summed E-state index contributed by atoms with van der Waals surface area (Å²) in [7, 11) is -3.26. The van der Waals surface area contributed by atoms with Crippen molar-refractivity contribution in [1.29, 1.82) is 0 Å². The maximum Gasteiger partial charge on any atom is 0.416 e. The lowest BCUT2D eigenvalue weighted by Gasteiger charge is -2.32. The molecule has 0 bridgehead atoms. The molecule has 1 fully saturated rings. The van der Waals surface area contributed by atoms with E-state index in [-0.39, 0.29) is 35.9 Å². The molecule has 0 aliphatic heterocycles. The van der Waals surface area contributed by atoms with Crippen LogP contribution < -0.4 is 8.92 Å². The molecule has 3 rings (SSSR count). The van der Waals surface area contributed by atoms with Gasteiger partial charge in [-0.25, -0.2) is 0 Å². The van der Waals surface area contributed by atoms with Gasteiger partial charge in [0.1, 0.15) is 4.90 Å². The second kappa shape index (κ2) is 10.9. The quantitative estimate of drug-likeness (QED) is 0.417. The summed E-state index contributed by atoms with van der Waals surface area (Å²) >= 11 is 0. The predicted octanol–water partition coefficient (Wildman–Crippen LogP) is 5.80. The van der Waals surface area contributed by atoms with Crippen LogP contribution in [-0.4, -0.2) is 32.4 Å². The highest BCUT2D eigenvalue weighted by molar-refractivity contribution is 7.87. The summed E-state index contributed by atoms with van der Waals surface area (Å²) < 4.78 is 75.2. The van der Waals surface area contributed by atoms with E-state index < -0.39 is 26.8 Å². The molecule has 2 aromatic rings. The topological polar surface area (TPSA) is 72.9 Å². The number of hydrogen-bond donors (Lipinski definition) is 0. The number of nitrogens with zero attached hydrogens (tertiary/aromatic N) is 1. The zero-order valence-corrected chi connectivity index (χ0v) is 20.8. The lowest BCUT2D eigenvalue weighted by molar-refractivity contribution is -0.139. The van der Waals surface area contributed by atoms with Gasteiger partial charge in [-0.05, 0) is 62.6 Å². The zero-order chi connectivity index (χ0) is 25.8. The molecule has 1 saturated carbocycles. The zero-order valence-electron chi connectivity index (χ0n) is 20.0. The van der Waals surface area contributed by atoms with Gasteiger partial charge in [-0.15, -0.1) is 0 Å². The lowest BCUT2D eigenvalue weighted by atomic mass is 9.88. The summed E-state index contributed by atoms with van der Waals surface area (Å²) in [6, 6.07) is 7.91. The molecule has 1 aliphatic carbocycles. The van der Waals surface area contributed by atoms with E-state index in [4.69, 9.17) is 8.92 Å². The Balaban J connectivity index is 1.87. The lowest BCUT2D eigenvalue weighted by Crippen LogP contribution is -2.41. The van der Waals surface area contributed by atoms with E-state index in [1.807, 2.05) is 13.8 Å². The third kappa shape index (κ3) is 6.68. The van der Waals surface area contributed by atoms with Crippen LogP contribution >= 0.6 is 0 Å². The van der Waals surface area contributed by atoms with Crippen molar-refractivity contribution in [3.8, 4) is 11.5 Å². The van der Waals surface area contributed by atoms with Gasteiger partial charge in [0, 0.05) is 18.5 Å². The van der Waals surface area contributed by atoms with Gasteiger partial charge in [-0.3, -0.25) is 4.79 Å². The Kier molecular flexibility index (Phi) is 8.35. The first-order chi connectivity index (χ1) is 16.4. The summed E-state index contributed by atoms with van der Waals surface area (Å²) in [6.07, 6.45) is 0.189. The number of methoxy groups -OCH3 is 1. The van der Waals surface area contributed by atoms with E-state index in [9.17, 15) is 26.4 Å². The van der Waals surface area contributed by atoms with Gasteiger partial charge in [0.2, 0.25) is 5.91 Å². The number of hydrogen-bond acceptors (Lipinski definition) is 5. The second-order valence-electron chi connectivity index (χ2n) is 8.94. The fourth-order valence-corrected chi connectivity index (χ4v) is 5.15. The van der Waals surface area contributed by atoms with Crippen molar-refractivity contribution in [2.24, 2.45) is 5.92 Å². The van der Waals surface area contributed by atoms with Crippen LogP contribution in [0.2, 0.25) is 0 Å². The molecule has 1 amide bonds. The van der Waals surface area contributed by atoms with Crippen LogP contribution in [0, 0.1) is 5.92 Å². The third-order valence-corrected chi connectivity index (χ3v) is 7.32. The average molecular weight is 514 g/mol. The molecule has 10 heteroatoms. The molecule has 0 unspecified atom stereocenters. The fraction of sp³-hybridized carbons (Fsp3) is 0.480. The maximum absolute atomic E-state index is 13.2. The van der Waals surface area contributed by atoms with E-state index in [0.717, 1.165) is 50.3 Å². The van der Waals surface area contributed by atoms with Crippen LogP contribution in [-0.2, 0) is 27.6 Å². The van der Waals surface area contributed by atoms with E-state index in [2.05, 4.69) is 0 Å². The van der Waals surface area contributed by atoms with Crippen LogP contribution in [0.15, 0.2) is 47.4 Å². The van der Waals surface area contributed by atoms with Gasteiger partial charge >= 0.3 is 16.3 Å². The number of halogens is 3. The number of rotatable bonds is 8. The number of amides is 1. The molecule has 0 atom stereocenters. The number of carbonyl (C=O) groups excluding carboxylic acids is 1. The molecule has 2 aromatic carbocycles. The SMILES string of the molecule is COc1ccc(CN(C(=O)C2CCCCC2)C(C)C)cc1OS(=O)(=O)c1cccc(C(F)(F)F)c1. The predicted molar refractivity (Wildman–Crippen MR) is 125 cm³/mol. The van der Waals surface area contributed by atoms with Crippen LogP contribution in [0.5, 0.6) is 11.5 Å². The maximum atomic E-state index is 13.2. The average Bonchev–Trinajstić information content (AvgIpc) is 2.82. The minimum Gasteiger partial charge on any atom is -0.493 e. The van der Waals surface area contributed by atoms with Crippen molar-refractivity contribution in [2.45, 2.75) is 69.6 Å². The molecule has 192 valence electrons. The van der Waals surface area contributed by atoms with Crippen LogP contribution in [0.25, 0.3) is 0 Å². The molecule has 0 saturated heterocycles. The van der Waals surface area contributed by atoms with Crippen LogP contribution in [0.4, 0.5) is 13.2 Å². The molecule has 35 heavy (non-hydrogen) atoms. The van der Waals surface area contributed by atoms with E-state index in [0.29, 0.717) is 11.6 Å². The standard InChI is InChI=1S/C25H30F3NO5S/c1-17(2)29(24(30)19-8-5-4-6-9-19)16-18-12-13-22(33-3)23(14-18)34-35(31,32)21-11-7-10-20(15-21)25(26,27)28/h7,10-15,17,19H,4-6,8-9,16H2,1-3H3. The van der Waals surface area contributed by atoms with Crippen LogP contribution in [0.1, 0.15) is 57.1 Å². The molecule has 1 aliphatic rings. The largest absolute Gasteiger partial charge is 0.493 e. The Morgan fingerprint density at radius 1 is 1.06 bits per heavy atom. The minimum atomic E-state index is -4.70. The van der Waals surface area contributed by atoms with Crippen molar-refractivity contribution in [3.05, 3.63) is 53.6 Å². The molecule has 6 nitrogen and oxygen atoms in total. The normalized spacial score (nSPS) is 15.2. The van der Waals surface area contributed by atoms with Crippen molar-refractivity contribution in [1.82, 2.24) is 4.90 Å². The van der Waals surface area contributed by atoms with Gasteiger partial charge in [0.05, 0.1) is 12.7 Å². The fourth-order valence-electron chi connectivity index (χ4n) is 4.17. The van der Waals surface area contributed by atoms with Crippen molar-refractivity contribution >= 4 is 16.0 Å². The molecule has 0 heterocycles. The smallest absolute Gasteiger partial charge is 0.416 e. The van der Waals surface area contributed by atoms with Gasteiger partial charge in [0.15, 0.2) is 11.5 Å². The van der Waals surface area contributed by atoms with Crippen LogP contribution in [0.3, 0.4) is 0 Å². The summed E-state index contributed by atoms with van der Waals surface area (Å²) in [5.41, 5.74) is -0.491. The minimum absolute atomic E-state index is 0.0265. The van der Waals surface area contributed by atoms with Crippen molar-refractivity contribution < 1.29 is 35.3 Å². The number of ether oxygens (including phenoxy) is 1. The number of alkyl halides is 3. The summed E-state index contributed by atoms with van der Waals surface area (Å²) in [5, 5.41) is 0. The Hall–Kier alpha value is -2.75. The third-order valence-electron chi connectivity index (χ3n) is 6.09. The Bertz CT molecular complexity index is 1140. The van der Waals surface area contributed by atoms with Gasteiger partial charge < -0.3 is 13.8 Å². The monoisotopic (exact) mass is 513 g/mol. The molecular weight excluding hydrogens is 483 g/mol. The molecule has 0 aromatic heterocycles. The highest BCUT2D eigenvalue weighted by Crippen LogP contribution is 2.34. The van der Waals surface area contributed by atoms with E-state index in [1.54, 1.807) is 11.0 Å². The molecule has 0 N–H and O–H groups in total. The first kappa shape index (κ1) is 26.8. The molecule has 0 spiro atoms. The first-order valence-corrected chi connectivity index (χ1v) is 12.9. The highest BCUT2D eigenvalue weighted by atomic mass is 32.2. The second-order valence-corrected chi connectivity index (χ2v) is 10.5. The Morgan fingerprint density at radius 2 is 1.74 bits per heavy atom.